The molecule has 49 heavy (non-hydrogen) atoms. The fourth-order valence-electron chi connectivity index (χ4n) is 6.32. The van der Waals surface area contributed by atoms with Crippen LogP contribution < -0.4 is 0 Å². The molecule has 0 aliphatic carbocycles. The number of aliphatic hydroxyl groups is 1. The van der Waals surface area contributed by atoms with E-state index in [1.54, 1.807) is 27.6 Å². The highest BCUT2D eigenvalue weighted by molar-refractivity contribution is 6.30. The maximum absolute atomic E-state index is 10.1. The van der Waals surface area contributed by atoms with Gasteiger partial charge in [0.15, 0.2) is 10.7 Å². The summed E-state index contributed by atoms with van der Waals surface area (Å²) in [6.07, 6.45) is 2.35. The number of rotatable bonds is 12. The Morgan fingerprint density at radius 2 is 1.31 bits per heavy atom. The van der Waals surface area contributed by atoms with Crippen LogP contribution in [0.2, 0.25) is 5.15 Å². The minimum Gasteiger partial charge on any atom is -0.390 e. The van der Waals surface area contributed by atoms with Crippen LogP contribution in [0.1, 0.15) is 59.0 Å². The summed E-state index contributed by atoms with van der Waals surface area (Å²) >= 11 is 6.37. The second-order valence-electron chi connectivity index (χ2n) is 11.7. The third-order valence-corrected chi connectivity index (χ3v) is 9.03. The topological polar surface area (TPSA) is 81.7 Å². The minimum atomic E-state index is -1.00. The molecule has 5 aromatic carbocycles. The molecule has 0 amide bonds. The van der Waals surface area contributed by atoms with Crippen LogP contribution in [0.4, 0.5) is 0 Å². The van der Waals surface area contributed by atoms with Gasteiger partial charge in [-0.1, -0.05) is 164 Å². The number of benzene rings is 5. The molecule has 244 valence electrons. The third-order valence-electron chi connectivity index (χ3n) is 8.73. The molecule has 0 fully saturated rings. The summed E-state index contributed by atoms with van der Waals surface area (Å²) in [5.41, 5.74) is 3.36. The van der Waals surface area contributed by atoms with Crippen LogP contribution >= 0.6 is 11.6 Å². The van der Waals surface area contributed by atoms with Crippen molar-refractivity contribution in [2.24, 2.45) is 0 Å². The van der Waals surface area contributed by atoms with Crippen molar-refractivity contribution in [1.82, 2.24) is 29.8 Å². The normalized spacial score (nSPS) is 12.7. The molecule has 0 atom stereocenters. The maximum Gasteiger partial charge on any atom is 0.205 e. The predicted molar refractivity (Wildman–Crippen MR) is 194 cm³/mol. The smallest absolute Gasteiger partial charge is 0.205 e. The van der Waals surface area contributed by atoms with Gasteiger partial charge >= 0.3 is 0 Å². The Balaban J connectivity index is 1.37. The molecule has 0 radical (unpaired) electrons. The van der Waals surface area contributed by atoms with Gasteiger partial charge in [-0.25, -0.2) is 4.98 Å². The predicted octanol–water partition coefficient (Wildman–Crippen LogP) is 8.58. The van der Waals surface area contributed by atoms with Gasteiger partial charge < -0.3 is 9.67 Å². The first-order valence-electron chi connectivity index (χ1n) is 18.3. The zero-order valence-corrected chi connectivity index (χ0v) is 27.8. The Labute approximate surface area is 297 Å². The first-order chi connectivity index (χ1) is 25.8. The number of imidazole rings is 1. The van der Waals surface area contributed by atoms with Crippen LogP contribution in [0.5, 0.6) is 0 Å². The van der Waals surface area contributed by atoms with E-state index in [0.717, 1.165) is 29.5 Å². The Hall–Kier alpha value is -5.37. The Morgan fingerprint density at radius 3 is 1.86 bits per heavy atom. The molecule has 0 spiro atoms. The van der Waals surface area contributed by atoms with Crippen molar-refractivity contribution in [1.29, 1.82) is 0 Å². The van der Waals surface area contributed by atoms with Gasteiger partial charge in [0, 0.05) is 18.5 Å². The summed E-state index contributed by atoms with van der Waals surface area (Å²) in [5.74, 6) is 0.883. The van der Waals surface area contributed by atoms with E-state index in [0.29, 0.717) is 29.1 Å². The molecular weight excluding hydrogens is 628 g/mol. The van der Waals surface area contributed by atoms with E-state index in [1.165, 1.54) is 0 Å². The maximum atomic E-state index is 10.1. The number of hydrogen-bond donors (Lipinski definition) is 1. The quantitative estimate of drug-likeness (QED) is 0.132. The molecule has 8 heteroatoms. The number of aromatic nitrogens is 6. The fraction of sp³-hybridized carbons (Fsp3) is 0.171. The molecular formula is C41H37ClN6O. The van der Waals surface area contributed by atoms with E-state index in [2.05, 4.69) is 22.2 Å². The van der Waals surface area contributed by atoms with Gasteiger partial charge in [-0.15, -0.1) is 15.0 Å². The lowest BCUT2D eigenvalue weighted by atomic mass is 9.77. The largest absolute Gasteiger partial charge is 0.390 e. The summed E-state index contributed by atoms with van der Waals surface area (Å²) in [5, 5.41) is 24.6. The zero-order valence-electron chi connectivity index (χ0n) is 31.0. The van der Waals surface area contributed by atoms with Gasteiger partial charge in [0.1, 0.15) is 5.82 Å². The number of unbranched alkanes of at least 4 members (excludes halogenated alkanes) is 1. The third kappa shape index (κ3) is 6.19. The lowest BCUT2D eigenvalue weighted by Gasteiger charge is -2.34. The first kappa shape index (κ1) is 27.6. The summed E-state index contributed by atoms with van der Waals surface area (Å²) < 4.78 is 38.3. The van der Waals surface area contributed by atoms with Crippen LogP contribution in [0.3, 0.4) is 0 Å². The number of hydrogen-bond acceptors (Lipinski definition) is 5. The van der Waals surface area contributed by atoms with E-state index in [4.69, 9.17) is 19.4 Å². The number of aliphatic hydroxyl groups excluding tert-OH is 1. The SMILES string of the molecule is [2H]c1c([2H])c(-c2ccccc2-c2nnn(C(c3ccccc3)(c3ccccc3)c3ccccc3)n2)c([2H])c([2H])c1Cn1c(CCCC)nc(Cl)c1CO. The number of aryl methyl sites for hydroxylation is 1. The molecule has 2 aromatic heterocycles. The lowest BCUT2D eigenvalue weighted by molar-refractivity contribution is 0.271. The Bertz CT molecular complexity index is 2240. The van der Waals surface area contributed by atoms with E-state index in [-0.39, 0.29) is 59.4 Å². The Morgan fingerprint density at radius 1 is 0.755 bits per heavy atom. The van der Waals surface area contributed by atoms with Crippen LogP contribution in [-0.2, 0) is 25.1 Å². The van der Waals surface area contributed by atoms with Gasteiger partial charge in [-0.05, 0) is 45.0 Å². The second-order valence-corrected chi connectivity index (χ2v) is 12.1. The summed E-state index contributed by atoms with van der Waals surface area (Å²) in [7, 11) is 0. The molecule has 1 N–H and O–H groups in total. The Kier molecular flexibility index (Phi) is 8.10. The summed E-state index contributed by atoms with van der Waals surface area (Å²) in [6.45, 7) is 1.66. The average Bonchev–Trinajstić information content (AvgIpc) is 3.81. The second kappa shape index (κ2) is 14.4. The molecule has 0 saturated heterocycles. The van der Waals surface area contributed by atoms with Crippen LogP contribution in [-0.4, -0.2) is 34.9 Å². The highest BCUT2D eigenvalue weighted by atomic mass is 35.5. The number of nitrogens with zero attached hydrogens (tertiary/aromatic N) is 6. The van der Waals surface area contributed by atoms with Crippen molar-refractivity contribution in [2.75, 3.05) is 0 Å². The molecule has 7 rings (SSSR count). The van der Waals surface area contributed by atoms with Crippen LogP contribution in [0, 0.1) is 0 Å². The molecule has 0 aliphatic heterocycles. The lowest BCUT2D eigenvalue weighted by Crippen LogP contribution is -2.39. The van der Waals surface area contributed by atoms with Gasteiger partial charge in [0.25, 0.3) is 0 Å². The fourth-order valence-corrected chi connectivity index (χ4v) is 6.58. The van der Waals surface area contributed by atoms with E-state index < -0.39 is 5.54 Å². The molecule has 0 unspecified atom stereocenters. The van der Waals surface area contributed by atoms with Gasteiger partial charge in [-0.2, -0.15) is 0 Å². The minimum absolute atomic E-state index is 0.0254. The standard InChI is InChI=1S/C41H37ClN6O/c1-2-3-23-38-43-39(42)37(29-49)47(38)28-30-24-26-31(27-25-30)35-21-13-14-22-36(35)40-44-46-48(45-40)41(32-15-7-4-8-16-32,33-17-9-5-10-18-33)34-19-11-6-12-20-34/h4-22,24-27,49H,2-3,23,28-29H2,1H3/i24D,25D,26D,27D. The van der Waals surface area contributed by atoms with Gasteiger partial charge in [0.2, 0.25) is 5.82 Å². The van der Waals surface area contributed by atoms with Gasteiger partial charge in [0.05, 0.1) is 17.8 Å². The van der Waals surface area contributed by atoms with E-state index >= 15 is 0 Å². The van der Waals surface area contributed by atoms with Gasteiger partial charge in [-0.3, -0.25) is 0 Å². The number of halogens is 1. The number of tetrazole rings is 1. The average molecular weight is 669 g/mol. The molecule has 0 aliphatic rings. The molecule has 7 nitrogen and oxygen atoms in total. The van der Waals surface area contributed by atoms with Crippen molar-refractivity contribution in [2.45, 2.75) is 44.9 Å². The van der Waals surface area contributed by atoms with E-state index in [1.807, 2.05) is 97.1 Å². The first-order valence-corrected chi connectivity index (χ1v) is 16.7. The zero-order chi connectivity index (χ0) is 37.1. The monoisotopic (exact) mass is 668 g/mol. The van der Waals surface area contributed by atoms with Crippen molar-refractivity contribution < 1.29 is 10.6 Å². The molecule has 0 bridgehead atoms. The van der Waals surface area contributed by atoms with Crippen molar-refractivity contribution in [3.63, 3.8) is 0 Å². The van der Waals surface area contributed by atoms with Crippen molar-refractivity contribution in [3.8, 4) is 22.5 Å². The summed E-state index contributed by atoms with van der Waals surface area (Å²) in [4.78, 5) is 6.05. The molecule has 2 heterocycles. The highest BCUT2D eigenvalue weighted by Crippen LogP contribution is 2.40. The van der Waals surface area contributed by atoms with Crippen molar-refractivity contribution in [3.05, 3.63) is 178 Å². The highest BCUT2D eigenvalue weighted by Gasteiger charge is 2.41. The summed E-state index contributed by atoms with van der Waals surface area (Å²) in [6, 6.07) is 36.3. The molecule has 0 saturated carbocycles. The molecule has 7 aromatic rings. The van der Waals surface area contributed by atoms with Crippen molar-refractivity contribution >= 4 is 11.6 Å². The van der Waals surface area contributed by atoms with Crippen LogP contribution in [0.15, 0.2) is 139 Å². The van der Waals surface area contributed by atoms with E-state index in [9.17, 15) is 7.85 Å². The van der Waals surface area contributed by atoms with Crippen LogP contribution in [0.25, 0.3) is 22.5 Å².